The van der Waals surface area contributed by atoms with E-state index in [0.717, 1.165) is 31.5 Å². The summed E-state index contributed by atoms with van der Waals surface area (Å²) in [6.45, 7) is 10.8. The van der Waals surface area contributed by atoms with Crippen LogP contribution in [0.25, 0.3) is 0 Å². The Hall–Kier alpha value is -1.36. The van der Waals surface area contributed by atoms with Crippen LogP contribution in [0.2, 0.25) is 0 Å². The van der Waals surface area contributed by atoms with Gasteiger partial charge in [0.25, 0.3) is 0 Å². The van der Waals surface area contributed by atoms with Crippen LogP contribution in [0.5, 0.6) is 0 Å². The molecule has 1 saturated heterocycles. The maximum absolute atomic E-state index is 12.2. The van der Waals surface area contributed by atoms with Crippen LogP contribution in [0.1, 0.15) is 46.1 Å². The van der Waals surface area contributed by atoms with E-state index in [1.54, 1.807) is 0 Å². The number of likely N-dealkylation sites (tertiary alicyclic amines) is 1. The Morgan fingerprint density at radius 3 is 2.60 bits per heavy atom. The van der Waals surface area contributed by atoms with Crippen molar-refractivity contribution in [2.24, 2.45) is 0 Å². The molecular formula is C15H26N4O. The highest BCUT2D eigenvalue weighted by molar-refractivity contribution is 5.81. The van der Waals surface area contributed by atoms with Gasteiger partial charge in [-0.05, 0) is 40.5 Å². The van der Waals surface area contributed by atoms with Crippen molar-refractivity contribution < 1.29 is 4.79 Å². The van der Waals surface area contributed by atoms with Crippen molar-refractivity contribution >= 4 is 5.91 Å². The zero-order valence-corrected chi connectivity index (χ0v) is 13.0. The van der Waals surface area contributed by atoms with E-state index in [4.69, 9.17) is 0 Å². The van der Waals surface area contributed by atoms with Gasteiger partial charge in [0.05, 0.1) is 17.8 Å². The summed E-state index contributed by atoms with van der Waals surface area (Å²) in [7, 11) is 0. The monoisotopic (exact) mass is 278 g/mol. The zero-order valence-electron chi connectivity index (χ0n) is 13.0. The predicted molar refractivity (Wildman–Crippen MR) is 79.3 cm³/mol. The molecule has 0 spiro atoms. The zero-order chi connectivity index (χ0) is 14.8. The van der Waals surface area contributed by atoms with Crippen LogP contribution in [0.3, 0.4) is 0 Å². The van der Waals surface area contributed by atoms with Gasteiger partial charge in [0.1, 0.15) is 0 Å². The Kier molecular flexibility index (Phi) is 4.48. The molecule has 5 nitrogen and oxygen atoms in total. The minimum absolute atomic E-state index is 0.00473. The summed E-state index contributed by atoms with van der Waals surface area (Å²) in [6, 6.07) is -0.133. The third-order valence-corrected chi connectivity index (χ3v) is 3.72. The van der Waals surface area contributed by atoms with Gasteiger partial charge in [0.15, 0.2) is 0 Å². The minimum atomic E-state index is -0.133. The molecular weight excluding hydrogens is 252 g/mol. The summed E-state index contributed by atoms with van der Waals surface area (Å²) >= 11 is 0. The lowest BCUT2D eigenvalue weighted by Gasteiger charge is -2.21. The van der Waals surface area contributed by atoms with Gasteiger partial charge in [-0.2, -0.15) is 5.10 Å². The molecule has 1 amide bonds. The van der Waals surface area contributed by atoms with Gasteiger partial charge in [0, 0.05) is 31.4 Å². The molecule has 0 aromatic carbocycles. The maximum Gasteiger partial charge on any atom is 0.239 e. The van der Waals surface area contributed by atoms with Crippen molar-refractivity contribution in [2.45, 2.75) is 58.7 Å². The molecule has 0 saturated carbocycles. The van der Waals surface area contributed by atoms with Gasteiger partial charge in [0.2, 0.25) is 5.91 Å². The van der Waals surface area contributed by atoms with E-state index in [0.29, 0.717) is 6.54 Å². The lowest BCUT2D eigenvalue weighted by Crippen LogP contribution is -2.43. The van der Waals surface area contributed by atoms with Crippen LogP contribution in [0.15, 0.2) is 12.4 Å². The molecule has 1 fully saturated rings. The molecule has 0 radical (unpaired) electrons. The van der Waals surface area contributed by atoms with Crippen LogP contribution >= 0.6 is 0 Å². The number of nitrogens with zero attached hydrogens (tertiary/aromatic N) is 3. The van der Waals surface area contributed by atoms with Crippen LogP contribution in [0.4, 0.5) is 0 Å². The summed E-state index contributed by atoms with van der Waals surface area (Å²) in [5.74, 6) is 0.214. The second-order valence-electron chi connectivity index (χ2n) is 6.60. The first-order valence-electron chi connectivity index (χ1n) is 7.44. The number of carbonyl (C=O) groups is 1. The standard InChI is InChI=1S/C15H26N4O/c1-12(14(20)18-7-5-6-8-18)16-9-13-10-17-19(11-13)15(2,3)4/h10-12,16H,5-9H2,1-4H3. The molecule has 112 valence electrons. The highest BCUT2D eigenvalue weighted by Crippen LogP contribution is 2.13. The van der Waals surface area contributed by atoms with Crippen molar-refractivity contribution in [1.82, 2.24) is 20.0 Å². The van der Waals surface area contributed by atoms with Gasteiger partial charge in [-0.25, -0.2) is 0 Å². The predicted octanol–water partition coefficient (Wildman–Crippen LogP) is 1.74. The second-order valence-corrected chi connectivity index (χ2v) is 6.60. The number of carbonyl (C=O) groups excluding carboxylic acids is 1. The van der Waals surface area contributed by atoms with Gasteiger partial charge in [-0.15, -0.1) is 0 Å². The van der Waals surface area contributed by atoms with Crippen LogP contribution in [0, 0.1) is 0 Å². The maximum atomic E-state index is 12.2. The van der Waals surface area contributed by atoms with Crippen molar-refractivity contribution in [3.05, 3.63) is 18.0 Å². The van der Waals surface area contributed by atoms with E-state index in [2.05, 4.69) is 31.2 Å². The first-order valence-corrected chi connectivity index (χ1v) is 7.44. The quantitative estimate of drug-likeness (QED) is 0.912. The minimum Gasteiger partial charge on any atom is -0.341 e. The first-order chi connectivity index (χ1) is 9.38. The molecule has 5 heteroatoms. The summed E-state index contributed by atoms with van der Waals surface area (Å²) in [6.07, 6.45) is 6.18. The number of amides is 1. The second kappa shape index (κ2) is 5.95. The Labute approximate surface area is 121 Å². The van der Waals surface area contributed by atoms with Gasteiger partial charge >= 0.3 is 0 Å². The SMILES string of the molecule is CC(NCc1cnn(C(C)(C)C)c1)C(=O)N1CCCC1. The lowest BCUT2D eigenvalue weighted by atomic mass is 10.1. The number of aromatic nitrogens is 2. The molecule has 1 aliphatic rings. The van der Waals surface area contributed by atoms with Gasteiger partial charge < -0.3 is 10.2 Å². The molecule has 1 aromatic rings. The van der Waals surface area contributed by atoms with Gasteiger partial charge in [-0.3, -0.25) is 9.48 Å². The highest BCUT2D eigenvalue weighted by atomic mass is 16.2. The highest BCUT2D eigenvalue weighted by Gasteiger charge is 2.23. The van der Waals surface area contributed by atoms with E-state index >= 15 is 0 Å². The van der Waals surface area contributed by atoms with Crippen LogP contribution < -0.4 is 5.32 Å². The van der Waals surface area contributed by atoms with E-state index in [1.165, 1.54) is 0 Å². The molecule has 1 aromatic heterocycles. The molecule has 20 heavy (non-hydrogen) atoms. The van der Waals surface area contributed by atoms with Crippen LogP contribution in [-0.2, 0) is 16.9 Å². The van der Waals surface area contributed by atoms with E-state index in [-0.39, 0.29) is 17.5 Å². The Bertz CT molecular complexity index is 455. The largest absolute Gasteiger partial charge is 0.341 e. The van der Waals surface area contributed by atoms with Gasteiger partial charge in [-0.1, -0.05) is 0 Å². The fourth-order valence-corrected chi connectivity index (χ4v) is 2.39. The van der Waals surface area contributed by atoms with E-state index in [1.807, 2.05) is 28.9 Å². The first kappa shape index (κ1) is 15.0. The smallest absolute Gasteiger partial charge is 0.239 e. The topological polar surface area (TPSA) is 50.2 Å². The summed E-state index contributed by atoms with van der Waals surface area (Å²) in [5, 5.41) is 7.66. The summed E-state index contributed by atoms with van der Waals surface area (Å²) in [4.78, 5) is 14.1. The van der Waals surface area contributed by atoms with E-state index in [9.17, 15) is 4.79 Å². The van der Waals surface area contributed by atoms with E-state index < -0.39 is 0 Å². The number of nitrogens with one attached hydrogen (secondary N) is 1. The fourth-order valence-electron chi connectivity index (χ4n) is 2.39. The Morgan fingerprint density at radius 2 is 2.05 bits per heavy atom. The van der Waals surface area contributed by atoms with Crippen molar-refractivity contribution in [3.63, 3.8) is 0 Å². The number of rotatable bonds is 4. The Balaban J connectivity index is 1.85. The third-order valence-electron chi connectivity index (χ3n) is 3.72. The lowest BCUT2D eigenvalue weighted by molar-refractivity contribution is -0.131. The van der Waals surface area contributed by atoms with Crippen molar-refractivity contribution in [1.29, 1.82) is 0 Å². The summed E-state index contributed by atoms with van der Waals surface area (Å²) in [5.41, 5.74) is 1.11. The van der Waals surface area contributed by atoms with Crippen molar-refractivity contribution in [3.8, 4) is 0 Å². The number of hydrogen-bond donors (Lipinski definition) is 1. The molecule has 2 heterocycles. The molecule has 0 aliphatic carbocycles. The van der Waals surface area contributed by atoms with Crippen LogP contribution in [-0.4, -0.2) is 39.7 Å². The molecule has 0 bridgehead atoms. The molecule has 2 rings (SSSR count). The molecule has 1 unspecified atom stereocenters. The van der Waals surface area contributed by atoms with Crippen molar-refractivity contribution in [2.75, 3.05) is 13.1 Å². The average Bonchev–Trinajstić information content (AvgIpc) is 3.04. The average molecular weight is 278 g/mol. The molecule has 1 aliphatic heterocycles. The fraction of sp³-hybridized carbons (Fsp3) is 0.733. The molecule has 1 atom stereocenters. The number of hydrogen-bond acceptors (Lipinski definition) is 3. The normalized spacial score (nSPS) is 17.5. The third kappa shape index (κ3) is 3.60. The Morgan fingerprint density at radius 1 is 1.40 bits per heavy atom. The summed E-state index contributed by atoms with van der Waals surface area (Å²) < 4.78 is 1.96. The molecule has 1 N–H and O–H groups in total.